The van der Waals surface area contributed by atoms with E-state index in [-0.39, 0.29) is 18.2 Å². The molecule has 3 aliphatic heterocycles. The lowest BCUT2D eigenvalue weighted by Crippen LogP contribution is -2.54. The Morgan fingerprint density at radius 1 is 1.28 bits per heavy atom. The summed E-state index contributed by atoms with van der Waals surface area (Å²) in [5, 5.41) is 3.33. The Balaban J connectivity index is 1.56. The van der Waals surface area contributed by atoms with Gasteiger partial charge < -0.3 is 33.9 Å². The van der Waals surface area contributed by atoms with E-state index in [1.807, 2.05) is 74.0 Å². The number of alkyl carbamates (subject to hydrolysis) is 1. The van der Waals surface area contributed by atoms with E-state index in [1.165, 1.54) is 12.0 Å². The van der Waals surface area contributed by atoms with Crippen molar-refractivity contribution in [1.29, 1.82) is 0 Å². The molecule has 8 atom stereocenters. The number of benzene rings is 1. The molecule has 4 bridgehead atoms. The number of rotatable bonds is 5. The summed E-state index contributed by atoms with van der Waals surface area (Å²) in [6, 6.07) is 3.16. The Hall–Kier alpha value is -2.39. The molecule has 1 aromatic carbocycles. The molecule has 1 spiro atoms. The molecule has 1 N–H and O–H groups in total. The van der Waals surface area contributed by atoms with E-state index in [9.17, 15) is 14.4 Å². The number of hydrogen-bond donors (Lipinski definition) is 1. The van der Waals surface area contributed by atoms with Crippen LogP contribution >= 0.6 is 34.5 Å². The maximum atomic E-state index is 13.9. The molecule has 0 aromatic heterocycles. The second-order valence-electron chi connectivity index (χ2n) is 13.2. The third-order valence-corrected chi connectivity index (χ3v) is 11.3. The fourth-order valence-corrected chi connectivity index (χ4v) is 7.37. The van der Waals surface area contributed by atoms with Gasteiger partial charge in [-0.15, -0.1) is 0 Å². The van der Waals surface area contributed by atoms with Gasteiger partial charge in [-0.1, -0.05) is 42.3 Å². The van der Waals surface area contributed by atoms with Gasteiger partial charge in [0.15, 0.2) is 0 Å². The third kappa shape index (κ3) is 6.39. The molecule has 4 aliphatic rings. The number of anilines is 1. The summed E-state index contributed by atoms with van der Waals surface area (Å²) in [5.74, 6) is -0.631. The summed E-state index contributed by atoms with van der Waals surface area (Å²) < 4.78 is 31.5. The fraction of sp³-hybridized carbons (Fsp3) is 0.606. The Labute approximate surface area is 289 Å². The topological polar surface area (TPSA) is 119 Å². The van der Waals surface area contributed by atoms with E-state index in [0.29, 0.717) is 35.7 Å². The summed E-state index contributed by atoms with van der Waals surface area (Å²) in [5.41, 5.74) is 0.0926. The molecule has 3 fully saturated rings. The van der Waals surface area contributed by atoms with Crippen LogP contribution in [0.1, 0.15) is 52.5 Å². The highest BCUT2D eigenvalue weighted by Crippen LogP contribution is 2.58. The Morgan fingerprint density at radius 3 is 2.65 bits per heavy atom. The molecule has 1 saturated carbocycles. The minimum Gasteiger partial charge on any atom is -0.495 e. The van der Waals surface area contributed by atoms with Crippen molar-refractivity contribution >= 4 is 58.1 Å². The number of fused-ring (bicyclic) bond motifs is 4. The predicted octanol–water partition coefficient (Wildman–Crippen LogP) is 5.16. The van der Waals surface area contributed by atoms with Gasteiger partial charge in [0.2, 0.25) is 5.91 Å². The minimum atomic E-state index is -1.01. The molecule has 13 heteroatoms. The van der Waals surface area contributed by atoms with Crippen molar-refractivity contribution in [3.63, 3.8) is 0 Å². The highest BCUT2D eigenvalue weighted by atomic mass is 127. The van der Waals surface area contributed by atoms with Crippen LogP contribution in [0, 0.1) is 5.92 Å². The lowest BCUT2D eigenvalue weighted by atomic mass is 9.84. The number of methoxy groups -OCH3 is 2. The third-order valence-electron chi connectivity index (χ3n) is 10.1. The highest BCUT2D eigenvalue weighted by molar-refractivity contribution is 14.1. The molecule has 46 heavy (non-hydrogen) atoms. The van der Waals surface area contributed by atoms with Gasteiger partial charge in [-0.2, -0.15) is 0 Å². The van der Waals surface area contributed by atoms with Crippen LogP contribution in [0.5, 0.6) is 5.75 Å². The van der Waals surface area contributed by atoms with Crippen LogP contribution in [-0.4, -0.2) is 90.5 Å². The molecule has 1 unspecified atom stereocenters. The molecule has 2 saturated heterocycles. The van der Waals surface area contributed by atoms with Crippen molar-refractivity contribution in [2.75, 3.05) is 33.2 Å². The molecule has 1 aromatic rings. The summed E-state index contributed by atoms with van der Waals surface area (Å²) in [7, 11) is 6.59. The zero-order valence-corrected chi connectivity index (χ0v) is 30.4. The normalized spacial score (nSPS) is 36.7. The molecular formula is C33H43ClIN3O8. The van der Waals surface area contributed by atoms with E-state index in [1.54, 1.807) is 31.2 Å². The molecule has 11 nitrogen and oxygen atoms in total. The van der Waals surface area contributed by atoms with Crippen LogP contribution in [0.3, 0.4) is 0 Å². The van der Waals surface area contributed by atoms with Gasteiger partial charge in [-0.3, -0.25) is 9.59 Å². The number of hydrogen-bond acceptors (Lipinski definition) is 9. The van der Waals surface area contributed by atoms with E-state index >= 15 is 0 Å². The maximum Gasteiger partial charge on any atom is 0.407 e. The number of nitrogens with zero attached hydrogens (tertiary/aromatic N) is 2. The first-order chi connectivity index (χ1) is 21.6. The number of esters is 1. The smallest absolute Gasteiger partial charge is 0.407 e. The molecular weight excluding hydrogens is 729 g/mol. The van der Waals surface area contributed by atoms with Crippen LogP contribution in [0.15, 0.2) is 35.9 Å². The van der Waals surface area contributed by atoms with Crippen LogP contribution in [0.2, 0.25) is 5.02 Å². The lowest BCUT2D eigenvalue weighted by molar-refractivity contribution is -0.157. The van der Waals surface area contributed by atoms with E-state index in [4.69, 9.17) is 35.3 Å². The molecule has 252 valence electrons. The fourth-order valence-electron chi connectivity index (χ4n) is 6.82. The highest BCUT2D eigenvalue weighted by Gasteiger charge is 2.72. The molecule has 1 aliphatic carbocycles. The van der Waals surface area contributed by atoms with Gasteiger partial charge >= 0.3 is 12.1 Å². The SMILES string of the molecule is COc1cc2cc(c1Cl)N(C)C(=O)C[C@H](OC(=O)[C@H](C)N(C)I)[C@]1(C)O[C@H]1[C@H](C)[C@@H]1C[C@@]3(CC3(OC)/C=C/C=C(\C)C2)NC(=O)O1. The first-order valence-electron chi connectivity index (χ1n) is 15.4. The Bertz CT molecular complexity index is 1470. The Morgan fingerprint density at radius 2 is 2.00 bits per heavy atom. The number of ether oxygens (including phenoxy) is 5. The number of amides is 2. The number of carbonyl (C=O) groups excluding carboxylic acids is 3. The van der Waals surface area contributed by atoms with Crippen molar-refractivity contribution in [3.8, 4) is 5.75 Å². The predicted molar refractivity (Wildman–Crippen MR) is 181 cm³/mol. The summed E-state index contributed by atoms with van der Waals surface area (Å²) in [6.07, 6.45) is 5.09. The number of nitrogens with one attached hydrogen (secondary N) is 1. The molecule has 0 radical (unpaired) electrons. The van der Waals surface area contributed by atoms with Crippen molar-refractivity contribution in [2.45, 2.75) is 94.5 Å². The Kier molecular flexibility index (Phi) is 9.80. The minimum absolute atomic E-state index is 0.159. The largest absolute Gasteiger partial charge is 0.495 e. The maximum absolute atomic E-state index is 13.9. The quantitative estimate of drug-likeness (QED) is 0.188. The number of allylic oxidation sites excluding steroid dienone is 3. The summed E-state index contributed by atoms with van der Waals surface area (Å²) in [4.78, 5) is 41.6. The van der Waals surface area contributed by atoms with E-state index < -0.39 is 53.2 Å². The monoisotopic (exact) mass is 771 g/mol. The lowest BCUT2D eigenvalue weighted by Gasteiger charge is -2.36. The van der Waals surface area contributed by atoms with Crippen LogP contribution in [-0.2, 0) is 35.0 Å². The van der Waals surface area contributed by atoms with Crippen LogP contribution < -0.4 is 15.0 Å². The van der Waals surface area contributed by atoms with Crippen molar-refractivity contribution in [3.05, 3.63) is 46.5 Å². The van der Waals surface area contributed by atoms with Gasteiger partial charge in [-0.25, -0.2) is 7.91 Å². The van der Waals surface area contributed by atoms with Gasteiger partial charge in [-0.05, 0) is 51.9 Å². The standard InChI is InChI=1S/C33H43ClIN3O8/c1-18-10-9-11-33(43-8)17-32(33)16-24(44-30(41)36-32)19(2)28-31(4,46-28)25(45-29(40)20(3)38(6)35)15-26(39)37(5)22-13-21(12-18)14-23(42-7)27(22)34/h9-11,13-14,19-20,24-25,28H,12,15-17H2,1-8H3,(H,36,41)/b11-9+,18-10+/t19-,20+,24+,25+,28+,31+,32+,33?/m1/s1. The van der Waals surface area contributed by atoms with Gasteiger partial charge in [0, 0.05) is 55.8 Å². The first-order valence-corrected chi connectivity index (χ1v) is 16.7. The number of epoxide rings is 1. The molecule has 3 heterocycles. The average Bonchev–Trinajstić information content (AvgIpc) is 3.87. The van der Waals surface area contributed by atoms with E-state index in [0.717, 1.165) is 11.1 Å². The molecule has 5 rings (SSSR count). The number of likely N-dealkylation sites (N-methyl/N-ethyl adjacent to an activating group) is 1. The average molecular weight is 772 g/mol. The number of carbonyl (C=O) groups is 3. The van der Waals surface area contributed by atoms with Crippen molar-refractivity contribution in [1.82, 2.24) is 8.43 Å². The van der Waals surface area contributed by atoms with Gasteiger partial charge in [0.25, 0.3) is 0 Å². The first kappa shape index (κ1) is 34.9. The number of halogens is 2. The summed E-state index contributed by atoms with van der Waals surface area (Å²) in [6.45, 7) is 7.54. The van der Waals surface area contributed by atoms with Crippen LogP contribution in [0.4, 0.5) is 10.5 Å². The second-order valence-corrected chi connectivity index (χ2v) is 15.1. The zero-order chi connectivity index (χ0) is 33.8. The van der Waals surface area contributed by atoms with Crippen LogP contribution in [0.25, 0.3) is 0 Å². The molecule has 2 amide bonds. The van der Waals surface area contributed by atoms with Crippen molar-refractivity contribution in [2.24, 2.45) is 5.92 Å². The second kappa shape index (κ2) is 12.9. The zero-order valence-electron chi connectivity index (χ0n) is 27.5. The van der Waals surface area contributed by atoms with Gasteiger partial charge in [0.1, 0.15) is 40.2 Å². The van der Waals surface area contributed by atoms with Crippen molar-refractivity contribution < 1.29 is 38.1 Å². The summed E-state index contributed by atoms with van der Waals surface area (Å²) >= 11 is 8.77. The van der Waals surface area contributed by atoms with Gasteiger partial charge in [0.05, 0.1) is 30.9 Å². The van der Waals surface area contributed by atoms with E-state index in [2.05, 4.69) is 5.32 Å².